The van der Waals surface area contributed by atoms with Crippen LogP contribution in [0.2, 0.25) is 0 Å². The van der Waals surface area contributed by atoms with E-state index in [-0.39, 0.29) is 0 Å². The van der Waals surface area contributed by atoms with Crippen LogP contribution in [0.3, 0.4) is 0 Å². The minimum absolute atomic E-state index is 0.546. The normalized spacial score (nSPS) is 10.9. The van der Waals surface area contributed by atoms with Crippen LogP contribution >= 0.6 is 54.5 Å². The lowest BCUT2D eigenvalue weighted by atomic mass is 10.4. The number of thiophene rings is 2. The van der Waals surface area contributed by atoms with Gasteiger partial charge in [-0.3, -0.25) is 0 Å². The summed E-state index contributed by atoms with van der Waals surface area (Å²) in [4.78, 5) is 6.33. The molecule has 3 aromatic rings. The van der Waals surface area contributed by atoms with Gasteiger partial charge in [-0.25, -0.2) is 0 Å². The Balaban J connectivity index is 2.00. The second-order valence-electron chi connectivity index (χ2n) is 3.13. The predicted molar refractivity (Wildman–Crippen MR) is 76.3 cm³/mol. The minimum atomic E-state index is 0.546. The molecule has 3 heterocycles. The van der Waals surface area contributed by atoms with E-state index in [1.54, 1.807) is 22.7 Å². The van der Waals surface area contributed by atoms with Gasteiger partial charge < -0.3 is 4.52 Å². The van der Waals surface area contributed by atoms with E-state index in [4.69, 9.17) is 4.52 Å². The van der Waals surface area contributed by atoms with Crippen LogP contribution in [-0.2, 0) is 0 Å². The molecule has 0 unspecified atom stereocenters. The first-order valence-corrected chi connectivity index (χ1v) is 7.85. The molecule has 0 spiro atoms. The van der Waals surface area contributed by atoms with Gasteiger partial charge in [-0.15, -0.1) is 22.7 Å². The third-order valence-electron chi connectivity index (χ3n) is 2.02. The van der Waals surface area contributed by atoms with Crippen molar-refractivity contribution >= 4 is 54.5 Å². The number of hydrogen-bond acceptors (Lipinski definition) is 5. The van der Waals surface area contributed by atoms with Crippen molar-refractivity contribution in [3.63, 3.8) is 0 Å². The van der Waals surface area contributed by atoms with Crippen LogP contribution in [0.4, 0.5) is 0 Å². The largest absolute Gasteiger partial charge is 0.333 e. The number of nitrogens with zero attached hydrogens (tertiary/aromatic N) is 2. The first kappa shape index (κ1) is 11.6. The highest BCUT2D eigenvalue weighted by Gasteiger charge is 2.14. The van der Waals surface area contributed by atoms with Crippen molar-refractivity contribution in [2.75, 3.05) is 0 Å². The molecule has 0 bridgehead atoms. The lowest BCUT2D eigenvalue weighted by Crippen LogP contribution is -1.74. The summed E-state index contributed by atoms with van der Waals surface area (Å²) >= 11 is 10.0. The minimum Gasteiger partial charge on any atom is -0.333 e. The monoisotopic (exact) mass is 390 g/mol. The van der Waals surface area contributed by atoms with E-state index in [2.05, 4.69) is 42.0 Å². The zero-order valence-corrected chi connectivity index (χ0v) is 13.0. The van der Waals surface area contributed by atoms with E-state index in [1.807, 2.05) is 23.6 Å². The van der Waals surface area contributed by atoms with Crippen LogP contribution in [0, 0.1) is 0 Å². The van der Waals surface area contributed by atoms with Crippen molar-refractivity contribution in [3.8, 4) is 21.5 Å². The average Bonchev–Trinajstić information content (AvgIpc) is 3.00. The molecule has 0 aliphatic carbocycles. The standard InChI is InChI=1S/C10H4Br2N2OS2/c11-5-4-7(17-8(5)12)10-13-9(14-15-10)6-2-1-3-16-6/h1-4H. The first-order chi connectivity index (χ1) is 8.24. The maximum Gasteiger partial charge on any atom is 0.268 e. The van der Waals surface area contributed by atoms with Gasteiger partial charge in [0.25, 0.3) is 5.89 Å². The molecular weight excluding hydrogens is 388 g/mol. The quantitative estimate of drug-likeness (QED) is 0.613. The van der Waals surface area contributed by atoms with Gasteiger partial charge in [-0.1, -0.05) is 11.2 Å². The molecule has 0 amide bonds. The molecule has 17 heavy (non-hydrogen) atoms. The van der Waals surface area contributed by atoms with E-state index >= 15 is 0 Å². The number of hydrogen-bond donors (Lipinski definition) is 0. The second kappa shape index (κ2) is 4.64. The van der Waals surface area contributed by atoms with Gasteiger partial charge in [0.15, 0.2) is 0 Å². The molecule has 86 valence electrons. The lowest BCUT2D eigenvalue weighted by molar-refractivity contribution is 0.433. The first-order valence-electron chi connectivity index (χ1n) is 4.57. The van der Waals surface area contributed by atoms with Crippen LogP contribution in [0.5, 0.6) is 0 Å². The van der Waals surface area contributed by atoms with Crippen molar-refractivity contribution in [1.82, 2.24) is 10.1 Å². The zero-order valence-electron chi connectivity index (χ0n) is 8.18. The Labute approximate surface area is 122 Å². The maximum atomic E-state index is 5.26. The van der Waals surface area contributed by atoms with Crippen LogP contribution in [0.1, 0.15) is 0 Å². The maximum absolute atomic E-state index is 5.26. The smallest absolute Gasteiger partial charge is 0.268 e. The Morgan fingerprint density at radius 3 is 2.76 bits per heavy atom. The topological polar surface area (TPSA) is 38.9 Å². The zero-order chi connectivity index (χ0) is 11.8. The lowest BCUT2D eigenvalue weighted by Gasteiger charge is -1.83. The highest BCUT2D eigenvalue weighted by Crippen LogP contribution is 2.38. The van der Waals surface area contributed by atoms with Gasteiger partial charge in [-0.05, 0) is 49.4 Å². The van der Waals surface area contributed by atoms with E-state index in [0.29, 0.717) is 11.7 Å². The molecule has 0 N–H and O–H groups in total. The molecule has 0 saturated carbocycles. The van der Waals surface area contributed by atoms with Crippen LogP contribution in [0.15, 0.2) is 36.4 Å². The van der Waals surface area contributed by atoms with Crippen molar-refractivity contribution in [3.05, 3.63) is 31.8 Å². The molecule has 3 rings (SSSR count). The van der Waals surface area contributed by atoms with E-state index in [0.717, 1.165) is 18.0 Å². The van der Waals surface area contributed by atoms with E-state index < -0.39 is 0 Å². The Morgan fingerprint density at radius 2 is 2.12 bits per heavy atom. The SMILES string of the molecule is Brc1cc(-c2nc(-c3cccs3)no2)sc1Br. The molecule has 7 heteroatoms. The molecule has 0 aliphatic heterocycles. The second-order valence-corrected chi connectivity index (χ2v) is 7.30. The van der Waals surface area contributed by atoms with Crippen molar-refractivity contribution in [2.24, 2.45) is 0 Å². The van der Waals surface area contributed by atoms with Gasteiger partial charge >= 0.3 is 0 Å². The van der Waals surface area contributed by atoms with Crippen LogP contribution < -0.4 is 0 Å². The number of aromatic nitrogens is 2. The molecule has 3 nitrogen and oxygen atoms in total. The molecule has 0 radical (unpaired) electrons. The summed E-state index contributed by atoms with van der Waals surface area (Å²) in [5, 5.41) is 5.96. The molecule has 0 saturated heterocycles. The molecular formula is C10H4Br2N2OS2. The summed E-state index contributed by atoms with van der Waals surface area (Å²) in [6, 6.07) is 5.90. The highest BCUT2D eigenvalue weighted by molar-refractivity contribution is 9.13. The summed E-state index contributed by atoms with van der Waals surface area (Å²) in [6.07, 6.45) is 0. The van der Waals surface area contributed by atoms with Crippen molar-refractivity contribution in [1.29, 1.82) is 0 Å². The van der Waals surface area contributed by atoms with Gasteiger partial charge in [0, 0.05) is 4.47 Å². The third-order valence-corrected chi connectivity index (χ3v) is 6.13. The van der Waals surface area contributed by atoms with Gasteiger partial charge in [0.05, 0.1) is 13.5 Å². The van der Waals surface area contributed by atoms with E-state index in [1.165, 1.54) is 0 Å². The summed E-state index contributed by atoms with van der Waals surface area (Å²) < 4.78 is 7.27. The van der Waals surface area contributed by atoms with E-state index in [9.17, 15) is 0 Å². The predicted octanol–water partition coefficient (Wildman–Crippen LogP) is 5.05. The summed E-state index contributed by atoms with van der Waals surface area (Å²) in [7, 11) is 0. The van der Waals surface area contributed by atoms with Crippen LogP contribution in [-0.4, -0.2) is 10.1 Å². The molecule has 0 fully saturated rings. The highest BCUT2D eigenvalue weighted by atomic mass is 79.9. The Morgan fingerprint density at radius 1 is 1.24 bits per heavy atom. The average molecular weight is 392 g/mol. The van der Waals surface area contributed by atoms with Gasteiger partial charge in [0.1, 0.15) is 0 Å². The fourth-order valence-corrected chi connectivity index (χ4v) is 3.89. The molecule has 0 aliphatic rings. The van der Waals surface area contributed by atoms with Gasteiger partial charge in [0.2, 0.25) is 5.82 Å². The van der Waals surface area contributed by atoms with Gasteiger partial charge in [-0.2, -0.15) is 4.98 Å². The summed E-state index contributed by atoms with van der Waals surface area (Å²) in [5.41, 5.74) is 0. The van der Waals surface area contributed by atoms with Crippen molar-refractivity contribution in [2.45, 2.75) is 0 Å². The van der Waals surface area contributed by atoms with Crippen LogP contribution in [0.25, 0.3) is 21.5 Å². The summed E-state index contributed by atoms with van der Waals surface area (Å²) in [6.45, 7) is 0. The molecule has 0 aromatic carbocycles. The number of rotatable bonds is 2. The third kappa shape index (κ3) is 2.24. The Hall–Kier alpha value is -0.500. The fraction of sp³-hybridized carbons (Fsp3) is 0. The molecule has 3 aromatic heterocycles. The van der Waals surface area contributed by atoms with Crippen molar-refractivity contribution < 1.29 is 4.52 Å². The fourth-order valence-electron chi connectivity index (χ4n) is 1.28. The molecule has 0 atom stereocenters. The Kier molecular flexibility index (Phi) is 3.16. The Bertz CT molecular complexity index is 626. The number of halogens is 2. The summed E-state index contributed by atoms with van der Waals surface area (Å²) in [5.74, 6) is 1.18.